The van der Waals surface area contributed by atoms with E-state index in [4.69, 9.17) is 0 Å². The zero-order chi connectivity index (χ0) is 19.2. The second kappa shape index (κ2) is 7.04. The third-order valence-corrected chi connectivity index (χ3v) is 7.69. The minimum absolute atomic E-state index is 0.0975. The van der Waals surface area contributed by atoms with Crippen molar-refractivity contribution in [1.82, 2.24) is 5.32 Å². The molecule has 2 aromatic carbocycles. The topological polar surface area (TPSA) is 66.5 Å². The van der Waals surface area contributed by atoms with Gasteiger partial charge in [-0.3, -0.25) is 9.10 Å². The summed E-state index contributed by atoms with van der Waals surface area (Å²) in [5, 5.41) is 3.27. The van der Waals surface area contributed by atoms with E-state index in [2.05, 4.69) is 21.2 Å². The number of nitrogens with zero attached hydrogens (tertiary/aromatic N) is 1. The number of anilines is 1. The van der Waals surface area contributed by atoms with E-state index in [0.717, 1.165) is 33.4 Å². The first-order chi connectivity index (χ1) is 12.9. The molecule has 2 aromatic rings. The van der Waals surface area contributed by atoms with Gasteiger partial charge < -0.3 is 5.32 Å². The van der Waals surface area contributed by atoms with Crippen molar-refractivity contribution in [3.63, 3.8) is 0 Å². The molecule has 0 amide bonds. The van der Waals surface area contributed by atoms with Gasteiger partial charge in [0, 0.05) is 17.6 Å². The van der Waals surface area contributed by atoms with Crippen LogP contribution in [0.1, 0.15) is 29.5 Å². The van der Waals surface area contributed by atoms with Crippen LogP contribution in [0.4, 0.5) is 5.69 Å². The molecule has 5 nitrogen and oxygen atoms in total. The molecule has 4 rings (SSSR count). The maximum atomic E-state index is 13.3. The molecular weight excluding hydrogens is 428 g/mol. The zero-order valence-corrected chi connectivity index (χ0v) is 17.4. The van der Waals surface area contributed by atoms with Crippen LogP contribution in [0.3, 0.4) is 0 Å². The highest BCUT2D eigenvalue weighted by atomic mass is 79.9. The molecular formula is C20H21BrN2O3S. The summed E-state index contributed by atoms with van der Waals surface area (Å²) in [6.45, 7) is 3.37. The Morgan fingerprint density at radius 3 is 2.74 bits per heavy atom. The molecule has 1 N–H and O–H groups in total. The smallest absolute Gasteiger partial charge is 0.264 e. The van der Waals surface area contributed by atoms with Crippen LogP contribution in [-0.4, -0.2) is 33.8 Å². The maximum Gasteiger partial charge on any atom is 0.264 e. The van der Waals surface area contributed by atoms with Crippen molar-refractivity contribution in [2.45, 2.75) is 30.6 Å². The lowest BCUT2D eigenvalue weighted by Crippen LogP contribution is -2.29. The van der Waals surface area contributed by atoms with Crippen LogP contribution in [0.25, 0.3) is 0 Å². The van der Waals surface area contributed by atoms with E-state index < -0.39 is 10.0 Å². The van der Waals surface area contributed by atoms with Crippen molar-refractivity contribution < 1.29 is 13.2 Å². The number of carbonyl (C=O) groups is 1. The fourth-order valence-corrected chi connectivity index (χ4v) is 5.92. The van der Waals surface area contributed by atoms with Gasteiger partial charge in [0.1, 0.15) is 5.78 Å². The van der Waals surface area contributed by atoms with Crippen LogP contribution in [-0.2, 0) is 27.7 Å². The summed E-state index contributed by atoms with van der Waals surface area (Å²) in [5.41, 5.74) is 3.66. The first-order valence-corrected chi connectivity index (χ1v) is 11.3. The molecule has 2 aliphatic rings. The van der Waals surface area contributed by atoms with E-state index in [1.165, 1.54) is 4.31 Å². The summed E-state index contributed by atoms with van der Waals surface area (Å²) in [7, 11) is -3.64. The van der Waals surface area contributed by atoms with Gasteiger partial charge in [-0.25, -0.2) is 8.42 Å². The molecule has 0 bridgehead atoms. The van der Waals surface area contributed by atoms with Crippen LogP contribution in [0, 0.1) is 0 Å². The highest BCUT2D eigenvalue weighted by molar-refractivity contribution is 9.10. The van der Waals surface area contributed by atoms with E-state index >= 15 is 0 Å². The molecule has 7 heteroatoms. The number of ketones is 1. The lowest BCUT2D eigenvalue weighted by Gasteiger charge is -2.21. The first-order valence-electron chi connectivity index (χ1n) is 9.03. The Morgan fingerprint density at radius 2 is 1.96 bits per heavy atom. The summed E-state index contributed by atoms with van der Waals surface area (Å²) in [6.07, 6.45) is 1.42. The summed E-state index contributed by atoms with van der Waals surface area (Å²) in [6, 6.07) is 10.9. The number of carbonyl (C=O) groups excluding carboxylic acids is 1. The molecule has 142 valence electrons. The Labute approximate surface area is 167 Å². The van der Waals surface area contributed by atoms with E-state index in [1.54, 1.807) is 19.1 Å². The zero-order valence-electron chi connectivity index (χ0n) is 15.0. The molecule has 0 radical (unpaired) electrons. The maximum absolute atomic E-state index is 13.3. The van der Waals surface area contributed by atoms with Gasteiger partial charge in [0.2, 0.25) is 0 Å². The van der Waals surface area contributed by atoms with Gasteiger partial charge in [0.05, 0.1) is 16.5 Å². The number of sulfonamides is 1. The molecule has 0 aromatic heterocycles. The predicted octanol–water partition coefficient (Wildman–Crippen LogP) is 3.02. The molecule has 2 aliphatic heterocycles. The van der Waals surface area contributed by atoms with E-state index in [1.807, 2.05) is 24.3 Å². The van der Waals surface area contributed by atoms with Crippen molar-refractivity contribution in [2.24, 2.45) is 0 Å². The molecule has 0 spiro atoms. The minimum atomic E-state index is -3.64. The Morgan fingerprint density at radius 1 is 1.15 bits per heavy atom. The molecule has 2 heterocycles. The van der Waals surface area contributed by atoms with Crippen molar-refractivity contribution in [3.8, 4) is 0 Å². The van der Waals surface area contributed by atoms with E-state index in [9.17, 15) is 13.2 Å². The number of fused-ring (bicyclic) bond motifs is 2. The molecule has 0 saturated heterocycles. The molecule has 1 atom stereocenters. The Kier molecular flexibility index (Phi) is 4.86. The monoisotopic (exact) mass is 448 g/mol. The van der Waals surface area contributed by atoms with Crippen molar-refractivity contribution in [1.29, 1.82) is 0 Å². The molecule has 1 unspecified atom stereocenters. The van der Waals surface area contributed by atoms with Crippen LogP contribution in [0.15, 0.2) is 45.8 Å². The number of hydrogen-bond donors (Lipinski definition) is 1. The molecule has 0 fully saturated rings. The number of nitrogens with one attached hydrogen (secondary N) is 1. The molecule has 0 saturated carbocycles. The van der Waals surface area contributed by atoms with Crippen LogP contribution < -0.4 is 9.62 Å². The van der Waals surface area contributed by atoms with Crippen LogP contribution in [0.2, 0.25) is 0 Å². The van der Waals surface area contributed by atoms with E-state index in [-0.39, 0.29) is 11.7 Å². The van der Waals surface area contributed by atoms with Crippen molar-refractivity contribution in [2.75, 3.05) is 23.9 Å². The normalized spacial score (nSPS) is 19.3. The third-order valence-electron chi connectivity index (χ3n) is 5.38. The second-order valence-corrected chi connectivity index (χ2v) is 9.86. The number of Topliss-reactive ketones (excluding diaryl/α,β-unsaturated/α-hetero) is 1. The van der Waals surface area contributed by atoms with Crippen molar-refractivity contribution >= 4 is 37.4 Å². The quantitative estimate of drug-likeness (QED) is 0.783. The number of hydrogen-bond acceptors (Lipinski definition) is 4. The number of rotatable bonds is 3. The number of halogens is 1. The average Bonchev–Trinajstić information content (AvgIpc) is 2.93. The van der Waals surface area contributed by atoms with Crippen molar-refractivity contribution in [3.05, 3.63) is 57.6 Å². The van der Waals surface area contributed by atoms with Gasteiger partial charge in [-0.2, -0.15) is 0 Å². The minimum Gasteiger partial charge on any atom is -0.315 e. The summed E-state index contributed by atoms with van der Waals surface area (Å²) >= 11 is 3.44. The standard InChI is InChI=1S/C20H21BrN2O3S/c1-13(24)19-12-22-8-6-14-11-17(3-4-18(14)19)27(25,26)23-9-7-15-10-16(21)2-5-20(15)23/h2-5,10-11,19,22H,6-9,12H2,1H3. The predicted molar refractivity (Wildman–Crippen MR) is 109 cm³/mol. The second-order valence-electron chi connectivity index (χ2n) is 7.08. The lowest BCUT2D eigenvalue weighted by atomic mass is 9.91. The highest BCUT2D eigenvalue weighted by Gasteiger charge is 2.32. The third kappa shape index (κ3) is 3.32. The van der Waals surface area contributed by atoms with Gasteiger partial charge in [0.25, 0.3) is 10.0 Å². The van der Waals surface area contributed by atoms with Gasteiger partial charge in [-0.15, -0.1) is 0 Å². The highest BCUT2D eigenvalue weighted by Crippen LogP contribution is 2.35. The fraction of sp³-hybridized carbons (Fsp3) is 0.350. The fourth-order valence-electron chi connectivity index (χ4n) is 3.96. The summed E-state index contributed by atoms with van der Waals surface area (Å²) in [5.74, 6) is -0.121. The Hall–Kier alpha value is -1.70. The summed E-state index contributed by atoms with van der Waals surface area (Å²) < 4.78 is 29.0. The lowest BCUT2D eigenvalue weighted by molar-refractivity contribution is -0.118. The van der Waals surface area contributed by atoms with Gasteiger partial charge in [-0.05, 0) is 73.3 Å². The molecule has 0 aliphatic carbocycles. The summed E-state index contributed by atoms with van der Waals surface area (Å²) in [4.78, 5) is 12.3. The number of benzene rings is 2. The van der Waals surface area contributed by atoms with E-state index in [0.29, 0.717) is 30.8 Å². The molecule has 27 heavy (non-hydrogen) atoms. The average molecular weight is 449 g/mol. The van der Waals surface area contributed by atoms with Crippen LogP contribution >= 0.6 is 15.9 Å². The Balaban J connectivity index is 1.74. The van der Waals surface area contributed by atoms with Gasteiger partial charge in [0.15, 0.2) is 0 Å². The van der Waals surface area contributed by atoms with Gasteiger partial charge >= 0.3 is 0 Å². The largest absolute Gasteiger partial charge is 0.315 e. The SMILES string of the molecule is CC(=O)C1CNCCc2cc(S(=O)(=O)N3CCc4cc(Br)ccc43)ccc21. The van der Waals surface area contributed by atoms with Gasteiger partial charge in [-0.1, -0.05) is 22.0 Å². The van der Waals surface area contributed by atoms with Crippen LogP contribution in [0.5, 0.6) is 0 Å². The first kappa shape index (κ1) is 18.7. The Bertz CT molecular complexity index is 1020.